The predicted molar refractivity (Wildman–Crippen MR) is 34.1 cm³/mol. The molecule has 0 aromatic heterocycles. The van der Waals surface area contributed by atoms with Gasteiger partial charge in [0.1, 0.15) is 21.0 Å². The van der Waals surface area contributed by atoms with Crippen LogP contribution in [0.2, 0.25) is 0 Å². The number of halogens is 1. The molecule has 0 saturated heterocycles. The molecule has 4 nitrogen and oxygen atoms in total. The van der Waals surface area contributed by atoms with E-state index in [-0.39, 0.29) is 0 Å². The van der Waals surface area contributed by atoms with E-state index in [1.807, 2.05) is 0 Å². The molecule has 0 rings (SSSR count). The Morgan fingerprint density at radius 2 is 1.50 bits per heavy atom. The average Bonchev–Trinajstić information content (AvgIpc) is 1.27. The van der Waals surface area contributed by atoms with Crippen molar-refractivity contribution in [1.82, 2.24) is 0 Å². The third-order valence-corrected chi connectivity index (χ3v) is 0. The van der Waals surface area contributed by atoms with E-state index in [9.17, 15) is 4.20 Å². The summed E-state index contributed by atoms with van der Waals surface area (Å²) in [6.07, 6.45) is 0. The van der Waals surface area contributed by atoms with E-state index in [1.54, 1.807) is 0 Å². The van der Waals surface area contributed by atoms with Gasteiger partial charge in [0, 0.05) is 0 Å². The van der Waals surface area contributed by atoms with E-state index in [2.05, 4.69) is 4.12 Å². The van der Waals surface area contributed by atoms with Crippen LogP contribution >= 0.6 is 7.91 Å². The highest BCUT2D eigenvalue weighted by Crippen LogP contribution is 2.34. The van der Waals surface area contributed by atoms with Crippen LogP contribution in [0, 0.1) is 0 Å². The fraction of sp³-hybridized carbons (Fsp3) is 0. The third kappa shape index (κ3) is 864. The second-order valence-corrected chi connectivity index (χ2v) is 5.09. The smallest absolute Gasteiger partial charge is 0.471 e. The summed E-state index contributed by atoms with van der Waals surface area (Å²) in [6.45, 7) is 0. The molecule has 8 heteroatoms. The maximum absolute atomic E-state index is 10.4. The Morgan fingerprint density at radius 3 is 1.50 bits per heavy atom. The standard InChI is InChI=1S/FH2O3P.H6OSi2/c1-5(2,3)4;2-1-3/h(H2,2,3,4);2-3H3. The molecule has 0 aromatic rings. The molecule has 2 N–H and O–H groups in total. The van der Waals surface area contributed by atoms with Crippen LogP contribution in [0.15, 0.2) is 0 Å². The van der Waals surface area contributed by atoms with Crippen molar-refractivity contribution in [1.29, 1.82) is 0 Å². The van der Waals surface area contributed by atoms with Crippen molar-refractivity contribution in [2.75, 3.05) is 0 Å². The van der Waals surface area contributed by atoms with Crippen molar-refractivity contribution >= 4 is 28.9 Å². The molecular weight excluding hydrogens is 170 g/mol. The van der Waals surface area contributed by atoms with E-state index in [0.29, 0.717) is 0 Å². The Bertz CT molecular complexity index is 69.8. The molecule has 0 aromatic carbocycles. The SMILES string of the molecule is O=P(O)(O)F.[SiH3]O[SiH3]. The summed E-state index contributed by atoms with van der Waals surface area (Å²) in [5.74, 6) is 0. The van der Waals surface area contributed by atoms with E-state index in [1.165, 1.54) is 0 Å². The molecule has 0 fully saturated rings. The molecule has 8 heavy (non-hydrogen) atoms. The van der Waals surface area contributed by atoms with Crippen LogP contribution in [-0.2, 0) is 8.68 Å². The molecule has 52 valence electrons. The van der Waals surface area contributed by atoms with Crippen molar-refractivity contribution in [3.05, 3.63) is 0 Å². The van der Waals surface area contributed by atoms with Gasteiger partial charge >= 0.3 is 7.91 Å². The lowest BCUT2D eigenvalue weighted by Crippen LogP contribution is -1.65. The number of rotatable bonds is 0. The molecule has 0 spiro atoms. The van der Waals surface area contributed by atoms with Gasteiger partial charge in [-0.15, -0.1) is 4.20 Å². The highest BCUT2D eigenvalue weighted by atomic mass is 31.2. The molecule has 0 aliphatic carbocycles. The first kappa shape index (κ1) is 11.3. The highest BCUT2D eigenvalue weighted by molar-refractivity contribution is 7.45. The lowest BCUT2D eigenvalue weighted by Gasteiger charge is -1.77. The quantitative estimate of drug-likeness (QED) is 0.321. The second kappa shape index (κ2) is 5.61. The van der Waals surface area contributed by atoms with Crippen LogP contribution in [-0.4, -0.2) is 30.8 Å². The van der Waals surface area contributed by atoms with Gasteiger partial charge in [0.2, 0.25) is 0 Å². The van der Waals surface area contributed by atoms with Gasteiger partial charge in [-0.1, -0.05) is 0 Å². The van der Waals surface area contributed by atoms with Gasteiger partial charge in [0.05, 0.1) is 0 Å². The Kier molecular flexibility index (Phi) is 7.92. The summed E-state index contributed by atoms with van der Waals surface area (Å²) in [5.41, 5.74) is 0. The Hall–Kier alpha value is 0.474. The first-order chi connectivity index (χ1) is 3.41. The van der Waals surface area contributed by atoms with Gasteiger partial charge in [0.15, 0.2) is 0 Å². The van der Waals surface area contributed by atoms with Crippen LogP contribution in [0.25, 0.3) is 0 Å². The van der Waals surface area contributed by atoms with Gasteiger partial charge in [-0.3, -0.25) is 9.79 Å². The summed E-state index contributed by atoms with van der Waals surface area (Å²) < 4.78 is 23.5. The van der Waals surface area contributed by atoms with Crippen LogP contribution < -0.4 is 0 Å². The van der Waals surface area contributed by atoms with Gasteiger partial charge in [-0.05, 0) is 0 Å². The molecule has 0 unspecified atom stereocenters. The lowest BCUT2D eigenvalue weighted by atomic mass is 15.8. The van der Waals surface area contributed by atoms with Gasteiger partial charge in [0.25, 0.3) is 0 Å². The highest BCUT2D eigenvalue weighted by Gasteiger charge is 2.04. The summed E-state index contributed by atoms with van der Waals surface area (Å²) >= 11 is 0. The molecule has 0 bridgehead atoms. The topological polar surface area (TPSA) is 66.8 Å². The molecular formula is H8FO4PSi2. The van der Waals surface area contributed by atoms with Gasteiger partial charge in [-0.25, -0.2) is 4.57 Å². The molecule has 0 aliphatic rings. The zero-order valence-corrected chi connectivity index (χ0v) is 9.43. The zero-order valence-electron chi connectivity index (χ0n) is 4.54. The molecule has 0 aliphatic heterocycles. The maximum Gasteiger partial charge on any atom is 0.507 e. The van der Waals surface area contributed by atoms with Crippen LogP contribution in [0.1, 0.15) is 0 Å². The number of hydrogen-bond donors (Lipinski definition) is 2. The monoisotopic (exact) mass is 178 g/mol. The minimum Gasteiger partial charge on any atom is -0.471 e. The first-order valence-electron chi connectivity index (χ1n) is 1.57. The summed E-state index contributed by atoms with van der Waals surface area (Å²) in [5, 5.41) is 0. The van der Waals surface area contributed by atoms with Gasteiger partial charge < -0.3 is 4.12 Å². The Labute approximate surface area is 52.4 Å². The second-order valence-electron chi connectivity index (χ2n) is 0.881. The van der Waals surface area contributed by atoms with Crippen molar-refractivity contribution in [2.45, 2.75) is 0 Å². The van der Waals surface area contributed by atoms with Crippen molar-refractivity contribution in [3.8, 4) is 0 Å². The van der Waals surface area contributed by atoms with Crippen molar-refractivity contribution < 1.29 is 22.7 Å². The fourth-order valence-electron chi connectivity index (χ4n) is 0. The fourth-order valence-corrected chi connectivity index (χ4v) is 0. The molecule has 0 atom stereocenters. The third-order valence-electron chi connectivity index (χ3n) is 0. The van der Waals surface area contributed by atoms with Crippen LogP contribution in [0.5, 0.6) is 0 Å². The van der Waals surface area contributed by atoms with Gasteiger partial charge in [-0.2, -0.15) is 0 Å². The van der Waals surface area contributed by atoms with Crippen LogP contribution in [0.4, 0.5) is 4.20 Å². The predicted octanol–water partition coefficient (Wildman–Crippen LogP) is -2.39. The minimum absolute atomic E-state index is 0.931. The Morgan fingerprint density at radius 1 is 1.50 bits per heavy atom. The summed E-state index contributed by atoms with van der Waals surface area (Å²) in [6, 6.07) is 0. The van der Waals surface area contributed by atoms with Crippen molar-refractivity contribution in [2.24, 2.45) is 0 Å². The molecule has 0 radical (unpaired) electrons. The van der Waals surface area contributed by atoms with E-state index in [4.69, 9.17) is 14.4 Å². The first-order valence-corrected chi connectivity index (χ1v) is 4.70. The lowest BCUT2D eigenvalue weighted by molar-refractivity contribution is 0.322. The average molecular weight is 178 g/mol. The van der Waals surface area contributed by atoms with Crippen LogP contribution in [0.3, 0.4) is 0 Å². The number of hydrogen-bond acceptors (Lipinski definition) is 2. The summed E-state index contributed by atoms with van der Waals surface area (Å²) in [7, 11) is -3.28. The molecule has 0 amide bonds. The molecule has 0 heterocycles. The molecule has 0 saturated carbocycles. The summed E-state index contributed by atoms with van der Waals surface area (Å²) in [4.78, 5) is 13.9. The Balaban J connectivity index is 0. The minimum atomic E-state index is -5.14. The van der Waals surface area contributed by atoms with E-state index in [0.717, 1.165) is 21.0 Å². The van der Waals surface area contributed by atoms with E-state index < -0.39 is 7.91 Å². The maximum atomic E-state index is 10.4. The van der Waals surface area contributed by atoms with E-state index >= 15 is 0 Å². The zero-order chi connectivity index (χ0) is 7.21. The normalized spacial score (nSPS) is 10.4. The largest absolute Gasteiger partial charge is 0.507 e. The van der Waals surface area contributed by atoms with Crippen molar-refractivity contribution in [3.63, 3.8) is 0 Å².